The number of hydrogen-bond donors (Lipinski definition) is 1. The van der Waals surface area contributed by atoms with Crippen molar-refractivity contribution in [1.82, 2.24) is 0 Å². The Morgan fingerprint density at radius 1 is 0.485 bits per heavy atom. The van der Waals surface area contributed by atoms with Gasteiger partial charge in [0.25, 0.3) is 0 Å². The third-order valence-corrected chi connectivity index (χ3v) is 12.5. The van der Waals surface area contributed by atoms with Gasteiger partial charge in [-0.1, -0.05) is 229 Å². The molecule has 0 aliphatic carbocycles. The second-order valence-electron chi connectivity index (χ2n) is 19.2. The van der Waals surface area contributed by atoms with E-state index in [1.54, 1.807) is 0 Å². The molecular formula is C56H103NO8P+. The first-order chi connectivity index (χ1) is 32.0. The molecule has 0 saturated carbocycles. The molecule has 0 spiro atoms. The quantitative estimate of drug-likeness (QED) is 0.0211. The summed E-state index contributed by atoms with van der Waals surface area (Å²) in [6.07, 6.45) is 60.2. The van der Waals surface area contributed by atoms with Gasteiger partial charge in [-0.25, -0.2) is 4.57 Å². The molecule has 0 fully saturated rings. The number of phosphoric ester groups is 1. The molecule has 0 aromatic heterocycles. The van der Waals surface area contributed by atoms with Crippen LogP contribution in [-0.2, 0) is 32.7 Å². The molecule has 0 bridgehead atoms. The van der Waals surface area contributed by atoms with Gasteiger partial charge in [0.15, 0.2) is 6.10 Å². The second-order valence-corrected chi connectivity index (χ2v) is 20.7. The Bertz CT molecular complexity index is 1300. The van der Waals surface area contributed by atoms with Crippen LogP contribution in [0.5, 0.6) is 0 Å². The lowest BCUT2D eigenvalue weighted by atomic mass is 10.0. The van der Waals surface area contributed by atoms with Crippen molar-refractivity contribution in [2.75, 3.05) is 47.5 Å². The molecule has 66 heavy (non-hydrogen) atoms. The smallest absolute Gasteiger partial charge is 0.462 e. The normalized spacial score (nSPS) is 13.8. The summed E-state index contributed by atoms with van der Waals surface area (Å²) in [5, 5.41) is 0. The minimum atomic E-state index is -4.40. The van der Waals surface area contributed by atoms with Gasteiger partial charge in [-0.05, 0) is 51.4 Å². The van der Waals surface area contributed by atoms with E-state index in [2.05, 4.69) is 68.5 Å². The summed E-state index contributed by atoms with van der Waals surface area (Å²) < 4.78 is 34.4. The number of hydrogen-bond acceptors (Lipinski definition) is 7. The highest BCUT2D eigenvalue weighted by atomic mass is 31.2. The monoisotopic (exact) mass is 949 g/mol. The highest BCUT2D eigenvalue weighted by Gasteiger charge is 2.27. The third kappa shape index (κ3) is 51.1. The fraction of sp³-hybridized carbons (Fsp3) is 0.786. The van der Waals surface area contributed by atoms with E-state index >= 15 is 0 Å². The minimum Gasteiger partial charge on any atom is -0.462 e. The summed E-state index contributed by atoms with van der Waals surface area (Å²) in [6, 6.07) is 0. The standard InChI is InChI=1S/C56H102NO8P/c1-6-8-10-12-14-16-18-20-22-24-25-26-27-28-29-30-31-33-34-36-38-40-42-44-46-48-55(58)62-52-54(53-64-66(60,61)63-51-50-57(3,4)5)65-56(59)49-47-45-43-41-39-37-35-32-23-21-19-17-15-13-11-9-7-2/h9,11,15,17,21,23,35,37,41,43,54H,6-8,10,12-14,16,18-20,22,24-34,36,38-40,42,44-53H2,1-5H3/p+1/b11-9-,17-15-,23-21-,37-35-,43-41-. The molecule has 2 atom stereocenters. The molecule has 0 aliphatic heterocycles. The van der Waals surface area contributed by atoms with Crippen molar-refractivity contribution >= 4 is 19.8 Å². The van der Waals surface area contributed by atoms with E-state index < -0.39 is 26.5 Å². The Kier molecular flexibility index (Phi) is 46.1. The Hall–Kier alpha value is -2.29. The predicted octanol–water partition coefficient (Wildman–Crippen LogP) is 16.4. The van der Waals surface area contributed by atoms with Crippen LogP contribution in [0.25, 0.3) is 0 Å². The first-order valence-electron chi connectivity index (χ1n) is 27.0. The predicted molar refractivity (Wildman–Crippen MR) is 279 cm³/mol. The molecule has 0 rings (SSSR count). The average Bonchev–Trinajstić information content (AvgIpc) is 3.27. The Morgan fingerprint density at radius 2 is 0.864 bits per heavy atom. The number of esters is 2. The largest absolute Gasteiger partial charge is 0.472 e. The van der Waals surface area contributed by atoms with Gasteiger partial charge in [0.2, 0.25) is 0 Å². The van der Waals surface area contributed by atoms with Gasteiger partial charge in [-0.2, -0.15) is 0 Å². The summed E-state index contributed by atoms with van der Waals surface area (Å²) >= 11 is 0. The minimum absolute atomic E-state index is 0.0200. The van der Waals surface area contributed by atoms with Gasteiger partial charge in [-0.3, -0.25) is 18.6 Å². The lowest BCUT2D eigenvalue weighted by Gasteiger charge is -2.24. The number of rotatable bonds is 49. The second kappa shape index (κ2) is 47.8. The first-order valence-corrected chi connectivity index (χ1v) is 28.5. The van der Waals surface area contributed by atoms with Crippen LogP contribution in [0.1, 0.15) is 232 Å². The number of phosphoric acid groups is 1. The van der Waals surface area contributed by atoms with Crippen LogP contribution in [0.4, 0.5) is 0 Å². The van der Waals surface area contributed by atoms with Crippen molar-refractivity contribution in [3.63, 3.8) is 0 Å². The van der Waals surface area contributed by atoms with E-state index in [-0.39, 0.29) is 32.0 Å². The molecule has 10 heteroatoms. The maximum atomic E-state index is 12.7. The van der Waals surface area contributed by atoms with E-state index in [0.29, 0.717) is 23.9 Å². The number of allylic oxidation sites excluding steroid dienone is 10. The van der Waals surface area contributed by atoms with E-state index in [1.165, 1.54) is 141 Å². The number of quaternary nitrogens is 1. The zero-order chi connectivity index (χ0) is 48.5. The lowest BCUT2D eigenvalue weighted by Crippen LogP contribution is -2.37. The van der Waals surface area contributed by atoms with Crippen LogP contribution >= 0.6 is 7.82 Å². The topological polar surface area (TPSA) is 108 Å². The fourth-order valence-corrected chi connectivity index (χ4v) is 8.15. The van der Waals surface area contributed by atoms with Crippen molar-refractivity contribution in [2.24, 2.45) is 0 Å². The lowest BCUT2D eigenvalue weighted by molar-refractivity contribution is -0.870. The van der Waals surface area contributed by atoms with E-state index in [9.17, 15) is 19.0 Å². The van der Waals surface area contributed by atoms with Crippen LogP contribution in [0.15, 0.2) is 60.8 Å². The summed E-state index contributed by atoms with van der Waals surface area (Å²) in [7, 11) is 1.44. The molecule has 0 radical (unpaired) electrons. The van der Waals surface area contributed by atoms with E-state index in [4.69, 9.17) is 18.5 Å². The van der Waals surface area contributed by atoms with Crippen LogP contribution in [0.3, 0.4) is 0 Å². The van der Waals surface area contributed by atoms with Gasteiger partial charge in [0.1, 0.15) is 19.8 Å². The number of likely N-dealkylation sites (N-methyl/N-ethyl adjacent to an activating group) is 1. The van der Waals surface area contributed by atoms with Gasteiger partial charge in [0.05, 0.1) is 27.7 Å². The molecule has 2 unspecified atom stereocenters. The summed E-state index contributed by atoms with van der Waals surface area (Å²) in [6.45, 7) is 4.27. The molecule has 384 valence electrons. The van der Waals surface area contributed by atoms with Crippen LogP contribution < -0.4 is 0 Å². The Balaban J connectivity index is 4.21. The van der Waals surface area contributed by atoms with E-state index in [0.717, 1.165) is 51.4 Å². The SMILES string of the molecule is CC/C=C\C/C=C\C/C=C\C/C=C\C/C=C\CCCC(=O)OC(COC(=O)CCCCCCCCCCCCCCCCCCCCCCCCCCC)COP(=O)(O)OCC[N+](C)(C)C. The number of carbonyl (C=O) groups excluding carboxylic acids is 2. The zero-order valence-electron chi connectivity index (χ0n) is 43.4. The molecule has 9 nitrogen and oxygen atoms in total. The maximum absolute atomic E-state index is 12.7. The van der Waals surface area contributed by atoms with Gasteiger partial charge < -0.3 is 18.9 Å². The van der Waals surface area contributed by atoms with Crippen LogP contribution in [-0.4, -0.2) is 74.9 Å². The zero-order valence-corrected chi connectivity index (χ0v) is 44.3. The Morgan fingerprint density at radius 3 is 1.27 bits per heavy atom. The number of ether oxygens (including phenoxy) is 2. The molecular weight excluding hydrogens is 846 g/mol. The van der Waals surface area contributed by atoms with Gasteiger partial charge in [-0.15, -0.1) is 0 Å². The molecule has 0 amide bonds. The summed E-state index contributed by atoms with van der Waals surface area (Å²) in [5.74, 6) is -0.860. The van der Waals surface area contributed by atoms with Crippen molar-refractivity contribution in [3.8, 4) is 0 Å². The van der Waals surface area contributed by atoms with Gasteiger partial charge in [0, 0.05) is 12.8 Å². The van der Waals surface area contributed by atoms with Gasteiger partial charge >= 0.3 is 19.8 Å². The molecule has 0 aliphatic rings. The molecule has 0 heterocycles. The summed E-state index contributed by atoms with van der Waals surface area (Å²) in [5.41, 5.74) is 0. The van der Waals surface area contributed by atoms with Crippen LogP contribution in [0.2, 0.25) is 0 Å². The van der Waals surface area contributed by atoms with Crippen molar-refractivity contribution in [2.45, 2.75) is 238 Å². The molecule has 0 aromatic carbocycles. The molecule has 1 N–H and O–H groups in total. The molecule has 0 aromatic rings. The highest BCUT2D eigenvalue weighted by molar-refractivity contribution is 7.47. The number of nitrogens with zero attached hydrogens (tertiary/aromatic N) is 1. The summed E-state index contributed by atoms with van der Waals surface area (Å²) in [4.78, 5) is 35.5. The maximum Gasteiger partial charge on any atom is 0.472 e. The first kappa shape index (κ1) is 63.7. The van der Waals surface area contributed by atoms with Crippen molar-refractivity contribution < 1.29 is 42.1 Å². The molecule has 0 saturated heterocycles. The van der Waals surface area contributed by atoms with Crippen LogP contribution in [0, 0.1) is 0 Å². The Labute approximate surface area is 406 Å². The number of unbranched alkanes of at least 4 members (excludes halogenated alkanes) is 25. The third-order valence-electron chi connectivity index (χ3n) is 11.6. The fourth-order valence-electron chi connectivity index (χ4n) is 7.40. The van der Waals surface area contributed by atoms with Crippen molar-refractivity contribution in [3.05, 3.63) is 60.8 Å². The highest BCUT2D eigenvalue weighted by Crippen LogP contribution is 2.43. The number of carbonyl (C=O) groups is 2. The average molecular weight is 949 g/mol. The van der Waals surface area contributed by atoms with E-state index in [1.807, 2.05) is 27.2 Å². The van der Waals surface area contributed by atoms with Crippen molar-refractivity contribution in [1.29, 1.82) is 0 Å².